The number of hydrogen-bond donors (Lipinski definition) is 2. The summed E-state index contributed by atoms with van der Waals surface area (Å²) >= 11 is 5.96. The molecule has 1 aliphatic carbocycles. The highest BCUT2D eigenvalue weighted by Gasteiger charge is 2.37. The number of nitrogens with two attached hydrogens (primary N) is 1. The lowest BCUT2D eigenvalue weighted by molar-refractivity contribution is 0.821. The molecular formula is C9H12ClN3. The van der Waals surface area contributed by atoms with Crippen LogP contribution in [0.25, 0.3) is 0 Å². The van der Waals surface area contributed by atoms with E-state index in [-0.39, 0.29) is 5.54 Å². The van der Waals surface area contributed by atoms with Crippen LogP contribution in [-0.2, 0) is 0 Å². The summed E-state index contributed by atoms with van der Waals surface area (Å²) < 4.78 is 0. The Kier molecular flexibility index (Phi) is 1.84. The van der Waals surface area contributed by atoms with Gasteiger partial charge in [0.1, 0.15) is 5.82 Å². The largest absolute Gasteiger partial charge is 0.397 e. The first-order chi connectivity index (χ1) is 6.09. The van der Waals surface area contributed by atoms with Crippen LogP contribution in [0.15, 0.2) is 12.3 Å². The standard InChI is InChI=1S/C9H12ClN3/c1-9(2-3-9)13-8-7(10)4-6(11)5-12-8/h4-5H,2-3,11H2,1H3,(H,12,13). The lowest BCUT2D eigenvalue weighted by atomic mass is 10.3. The van der Waals surface area contributed by atoms with Gasteiger partial charge in [-0.3, -0.25) is 0 Å². The van der Waals surface area contributed by atoms with Gasteiger partial charge in [0.25, 0.3) is 0 Å². The van der Waals surface area contributed by atoms with Gasteiger partial charge in [-0.05, 0) is 25.8 Å². The number of rotatable bonds is 2. The smallest absolute Gasteiger partial charge is 0.145 e. The van der Waals surface area contributed by atoms with Crippen LogP contribution >= 0.6 is 11.6 Å². The van der Waals surface area contributed by atoms with Gasteiger partial charge in [-0.25, -0.2) is 4.98 Å². The second-order valence-corrected chi connectivity index (χ2v) is 4.19. The van der Waals surface area contributed by atoms with Crippen LogP contribution in [0, 0.1) is 0 Å². The molecular weight excluding hydrogens is 186 g/mol. The summed E-state index contributed by atoms with van der Waals surface area (Å²) in [6, 6.07) is 1.71. The fraction of sp³-hybridized carbons (Fsp3) is 0.444. The number of nitrogen functional groups attached to an aromatic ring is 1. The van der Waals surface area contributed by atoms with Gasteiger partial charge in [0, 0.05) is 5.54 Å². The van der Waals surface area contributed by atoms with Crippen LogP contribution < -0.4 is 11.1 Å². The third kappa shape index (κ3) is 1.86. The highest BCUT2D eigenvalue weighted by atomic mass is 35.5. The zero-order valence-corrected chi connectivity index (χ0v) is 8.23. The van der Waals surface area contributed by atoms with E-state index >= 15 is 0 Å². The van der Waals surface area contributed by atoms with E-state index in [9.17, 15) is 0 Å². The first-order valence-electron chi connectivity index (χ1n) is 4.28. The van der Waals surface area contributed by atoms with Gasteiger partial charge in [0.05, 0.1) is 16.9 Å². The molecule has 0 saturated heterocycles. The van der Waals surface area contributed by atoms with Crippen molar-refractivity contribution in [2.75, 3.05) is 11.1 Å². The molecule has 4 heteroatoms. The number of pyridine rings is 1. The molecule has 0 aromatic carbocycles. The molecule has 1 saturated carbocycles. The first kappa shape index (κ1) is 8.63. The van der Waals surface area contributed by atoms with Crippen LogP contribution in [0.1, 0.15) is 19.8 Å². The number of hydrogen-bond acceptors (Lipinski definition) is 3. The molecule has 2 rings (SSSR count). The predicted molar refractivity (Wildman–Crippen MR) is 54.9 cm³/mol. The molecule has 1 aliphatic rings. The van der Waals surface area contributed by atoms with Gasteiger partial charge in [0.2, 0.25) is 0 Å². The highest BCUT2D eigenvalue weighted by Crippen LogP contribution is 2.39. The SMILES string of the molecule is CC1(Nc2ncc(N)cc2Cl)CC1. The fourth-order valence-electron chi connectivity index (χ4n) is 1.14. The van der Waals surface area contributed by atoms with Gasteiger partial charge in [-0.2, -0.15) is 0 Å². The lowest BCUT2D eigenvalue weighted by Gasteiger charge is -2.13. The third-order valence-corrected chi connectivity index (χ3v) is 2.57. The summed E-state index contributed by atoms with van der Waals surface area (Å²) in [5.41, 5.74) is 6.33. The van der Waals surface area contributed by atoms with Crippen molar-refractivity contribution in [1.29, 1.82) is 0 Å². The summed E-state index contributed by atoms with van der Waals surface area (Å²) in [5.74, 6) is 0.732. The molecule has 13 heavy (non-hydrogen) atoms. The molecule has 0 radical (unpaired) electrons. The van der Waals surface area contributed by atoms with Crippen molar-refractivity contribution in [2.24, 2.45) is 0 Å². The molecule has 3 N–H and O–H groups in total. The van der Waals surface area contributed by atoms with Crippen molar-refractivity contribution in [3.63, 3.8) is 0 Å². The van der Waals surface area contributed by atoms with Gasteiger partial charge in [0.15, 0.2) is 0 Å². The van der Waals surface area contributed by atoms with Crippen molar-refractivity contribution in [1.82, 2.24) is 4.98 Å². The van der Waals surface area contributed by atoms with Crippen molar-refractivity contribution in [3.8, 4) is 0 Å². The Morgan fingerprint density at radius 3 is 2.85 bits per heavy atom. The normalized spacial score (nSPS) is 18.3. The maximum Gasteiger partial charge on any atom is 0.145 e. The van der Waals surface area contributed by atoms with E-state index in [0.29, 0.717) is 10.7 Å². The van der Waals surface area contributed by atoms with Crippen molar-refractivity contribution in [2.45, 2.75) is 25.3 Å². The summed E-state index contributed by atoms with van der Waals surface area (Å²) in [5, 5.41) is 3.88. The zero-order valence-electron chi connectivity index (χ0n) is 7.47. The Bertz CT molecular complexity index is 334. The fourth-order valence-corrected chi connectivity index (χ4v) is 1.37. The Labute approximate surface area is 82.3 Å². The van der Waals surface area contributed by atoms with Crippen molar-refractivity contribution >= 4 is 23.1 Å². The van der Waals surface area contributed by atoms with Crippen molar-refractivity contribution in [3.05, 3.63) is 17.3 Å². The average Bonchev–Trinajstić information content (AvgIpc) is 2.75. The molecule has 1 heterocycles. The highest BCUT2D eigenvalue weighted by molar-refractivity contribution is 6.33. The van der Waals surface area contributed by atoms with Crippen LogP contribution in [0.2, 0.25) is 5.02 Å². The monoisotopic (exact) mass is 197 g/mol. The Hall–Kier alpha value is -0.960. The van der Waals surface area contributed by atoms with E-state index in [2.05, 4.69) is 17.2 Å². The number of nitrogens with zero attached hydrogens (tertiary/aromatic N) is 1. The summed E-state index contributed by atoms with van der Waals surface area (Å²) in [6.07, 6.45) is 3.96. The summed E-state index contributed by atoms with van der Waals surface area (Å²) in [7, 11) is 0. The Morgan fingerprint density at radius 1 is 1.62 bits per heavy atom. The van der Waals surface area contributed by atoms with Crippen LogP contribution in [-0.4, -0.2) is 10.5 Å². The second-order valence-electron chi connectivity index (χ2n) is 3.78. The Morgan fingerprint density at radius 2 is 2.31 bits per heavy atom. The van der Waals surface area contributed by atoms with Gasteiger partial charge in [-0.15, -0.1) is 0 Å². The average molecular weight is 198 g/mol. The molecule has 70 valence electrons. The molecule has 0 unspecified atom stereocenters. The topological polar surface area (TPSA) is 50.9 Å². The molecule has 0 amide bonds. The maximum atomic E-state index is 5.96. The second kappa shape index (κ2) is 2.77. The Balaban J connectivity index is 2.20. The minimum Gasteiger partial charge on any atom is -0.397 e. The minimum atomic E-state index is 0.201. The molecule has 1 aromatic heterocycles. The molecule has 0 aliphatic heterocycles. The first-order valence-corrected chi connectivity index (χ1v) is 4.66. The maximum absolute atomic E-state index is 5.96. The minimum absolute atomic E-state index is 0.201. The van der Waals surface area contributed by atoms with E-state index in [1.165, 1.54) is 12.8 Å². The van der Waals surface area contributed by atoms with Crippen LogP contribution in [0.5, 0.6) is 0 Å². The lowest BCUT2D eigenvalue weighted by Crippen LogP contribution is -2.17. The number of aromatic nitrogens is 1. The van der Waals surface area contributed by atoms with Gasteiger partial charge >= 0.3 is 0 Å². The molecule has 0 atom stereocenters. The van der Waals surface area contributed by atoms with E-state index in [1.54, 1.807) is 12.3 Å². The third-order valence-electron chi connectivity index (χ3n) is 2.28. The molecule has 1 aromatic rings. The number of anilines is 2. The summed E-state index contributed by atoms with van der Waals surface area (Å²) in [6.45, 7) is 2.15. The molecule has 1 fully saturated rings. The number of nitrogens with one attached hydrogen (secondary N) is 1. The van der Waals surface area contributed by atoms with Gasteiger partial charge < -0.3 is 11.1 Å². The van der Waals surface area contributed by atoms with Crippen LogP contribution in [0.4, 0.5) is 11.5 Å². The van der Waals surface area contributed by atoms with E-state index in [0.717, 1.165) is 5.82 Å². The zero-order chi connectivity index (χ0) is 9.47. The van der Waals surface area contributed by atoms with E-state index in [1.807, 2.05) is 0 Å². The predicted octanol–water partition coefficient (Wildman–Crippen LogP) is 2.28. The van der Waals surface area contributed by atoms with E-state index in [4.69, 9.17) is 17.3 Å². The number of halogens is 1. The van der Waals surface area contributed by atoms with Crippen molar-refractivity contribution < 1.29 is 0 Å². The molecule has 3 nitrogen and oxygen atoms in total. The summed E-state index contributed by atoms with van der Waals surface area (Å²) in [4.78, 5) is 4.14. The molecule has 0 spiro atoms. The quantitative estimate of drug-likeness (QED) is 0.765. The van der Waals surface area contributed by atoms with Crippen LogP contribution in [0.3, 0.4) is 0 Å². The molecule has 0 bridgehead atoms. The van der Waals surface area contributed by atoms with Gasteiger partial charge in [-0.1, -0.05) is 11.6 Å². The van der Waals surface area contributed by atoms with E-state index < -0.39 is 0 Å².